The summed E-state index contributed by atoms with van der Waals surface area (Å²) in [6.45, 7) is 5.86. The first-order chi connectivity index (χ1) is 7.12. The normalized spacial score (nSPS) is 11.9. The lowest BCUT2D eigenvalue weighted by molar-refractivity contribution is 0.130. The molecule has 0 aromatic rings. The maximum absolute atomic E-state index is 11.2. The molecular weight excluding hydrogens is 214 g/mol. The van der Waals surface area contributed by atoms with Crippen molar-refractivity contribution in [3.8, 4) is 0 Å². The van der Waals surface area contributed by atoms with Gasteiger partial charge in [-0.05, 0) is 19.3 Å². The van der Waals surface area contributed by atoms with Gasteiger partial charge >= 0.3 is 0 Å². The second kappa shape index (κ2) is 9.12. The maximum Gasteiger partial charge on any atom is 0.211 e. The fourth-order valence-corrected chi connectivity index (χ4v) is 2.23. The van der Waals surface area contributed by atoms with E-state index in [1.54, 1.807) is 0 Å². The minimum atomic E-state index is -3.03. The fourth-order valence-electron chi connectivity index (χ4n) is 1.09. The lowest BCUT2D eigenvalue weighted by Crippen LogP contribution is -2.27. The molecule has 0 bridgehead atoms. The third-order valence-electron chi connectivity index (χ3n) is 1.90. The number of ether oxygens (including phenoxy) is 1. The molecular formula is C10H23NO3S. The highest BCUT2D eigenvalue weighted by molar-refractivity contribution is 7.89. The maximum atomic E-state index is 11.2. The van der Waals surface area contributed by atoms with Crippen LogP contribution in [0.15, 0.2) is 0 Å². The quantitative estimate of drug-likeness (QED) is 0.586. The van der Waals surface area contributed by atoms with Gasteiger partial charge in [0.2, 0.25) is 10.0 Å². The average Bonchev–Trinajstić information content (AvgIpc) is 2.16. The molecule has 0 amide bonds. The van der Waals surface area contributed by atoms with Crippen molar-refractivity contribution in [1.29, 1.82) is 0 Å². The third kappa shape index (κ3) is 10.2. The Kier molecular flexibility index (Phi) is 9.04. The minimum Gasteiger partial charge on any atom is -0.381 e. The standard InChI is InChI=1S/C10H23NO3S/c1-3-5-8-14-9-6-7-11-15(12,13)10-4-2/h11H,3-10H2,1-2H3. The van der Waals surface area contributed by atoms with Crippen LogP contribution in [0.1, 0.15) is 39.5 Å². The van der Waals surface area contributed by atoms with Crippen LogP contribution in [0.25, 0.3) is 0 Å². The van der Waals surface area contributed by atoms with Crippen LogP contribution in [-0.4, -0.2) is 33.9 Å². The van der Waals surface area contributed by atoms with Crippen molar-refractivity contribution in [2.45, 2.75) is 39.5 Å². The van der Waals surface area contributed by atoms with Crippen LogP contribution in [0.4, 0.5) is 0 Å². The number of unbranched alkanes of at least 4 members (excludes halogenated alkanes) is 1. The van der Waals surface area contributed by atoms with E-state index < -0.39 is 10.0 Å². The van der Waals surface area contributed by atoms with Crippen molar-refractivity contribution in [3.05, 3.63) is 0 Å². The average molecular weight is 237 g/mol. The van der Waals surface area contributed by atoms with Gasteiger partial charge in [0.15, 0.2) is 0 Å². The first-order valence-corrected chi connectivity index (χ1v) is 7.32. The van der Waals surface area contributed by atoms with Crippen molar-refractivity contribution in [2.75, 3.05) is 25.5 Å². The van der Waals surface area contributed by atoms with E-state index in [9.17, 15) is 8.42 Å². The van der Waals surface area contributed by atoms with Crippen molar-refractivity contribution in [1.82, 2.24) is 4.72 Å². The van der Waals surface area contributed by atoms with E-state index in [0.29, 0.717) is 19.6 Å². The third-order valence-corrected chi connectivity index (χ3v) is 3.49. The SMILES string of the molecule is CCCCOCCCNS(=O)(=O)CCC. The van der Waals surface area contributed by atoms with Crippen LogP contribution < -0.4 is 4.72 Å². The number of hydrogen-bond acceptors (Lipinski definition) is 3. The van der Waals surface area contributed by atoms with Crippen molar-refractivity contribution in [3.63, 3.8) is 0 Å². The molecule has 0 atom stereocenters. The van der Waals surface area contributed by atoms with E-state index >= 15 is 0 Å². The molecule has 0 aliphatic carbocycles. The first kappa shape index (κ1) is 14.9. The highest BCUT2D eigenvalue weighted by Crippen LogP contribution is 1.91. The second-order valence-corrected chi connectivity index (χ2v) is 5.46. The van der Waals surface area contributed by atoms with Crippen LogP contribution in [0.3, 0.4) is 0 Å². The molecule has 4 nitrogen and oxygen atoms in total. The molecule has 1 N–H and O–H groups in total. The Morgan fingerprint density at radius 1 is 1.07 bits per heavy atom. The van der Waals surface area contributed by atoms with E-state index in [1.165, 1.54) is 0 Å². The molecule has 0 fully saturated rings. The van der Waals surface area contributed by atoms with E-state index in [-0.39, 0.29) is 5.75 Å². The Bertz CT molecular complexity index is 227. The molecule has 0 aromatic carbocycles. The minimum absolute atomic E-state index is 0.212. The summed E-state index contributed by atoms with van der Waals surface area (Å²) in [4.78, 5) is 0. The lowest BCUT2D eigenvalue weighted by atomic mass is 10.4. The van der Waals surface area contributed by atoms with E-state index in [2.05, 4.69) is 11.6 Å². The van der Waals surface area contributed by atoms with Gasteiger partial charge in [-0.25, -0.2) is 13.1 Å². The smallest absolute Gasteiger partial charge is 0.211 e. The summed E-state index contributed by atoms with van der Waals surface area (Å²) < 4.78 is 30.3. The van der Waals surface area contributed by atoms with Crippen LogP contribution in [0.5, 0.6) is 0 Å². The zero-order chi connectivity index (χ0) is 11.6. The molecule has 0 saturated heterocycles. The van der Waals surface area contributed by atoms with E-state index in [1.807, 2.05) is 6.92 Å². The predicted molar refractivity (Wildman–Crippen MR) is 62.4 cm³/mol. The molecule has 0 saturated carbocycles. The zero-order valence-corrected chi connectivity index (χ0v) is 10.6. The number of hydrogen-bond donors (Lipinski definition) is 1. The van der Waals surface area contributed by atoms with Gasteiger partial charge < -0.3 is 4.74 Å². The molecule has 0 aliphatic heterocycles. The summed E-state index contributed by atoms with van der Waals surface area (Å²) in [5.74, 6) is 0.212. The topological polar surface area (TPSA) is 55.4 Å². The Morgan fingerprint density at radius 2 is 1.73 bits per heavy atom. The zero-order valence-electron chi connectivity index (χ0n) is 9.79. The van der Waals surface area contributed by atoms with Gasteiger partial charge in [0.25, 0.3) is 0 Å². The first-order valence-electron chi connectivity index (χ1n) is 5.67. The van der Waals surface area contributed by atoms with Gasteiger partial charge in [0.05, 0.1) is 5.75 Å². The Labute approximate surface area is 93.4 Å². The molecule has 0 aliphatic rings. The summed E-state index contributed by atoms with van der Waals surface area (Å²) in [5, 5.41) is 0. The van der Waals surface area contributed by atoms with Gasteiger partial charge in [-0.15, -0.1) is 0 Å². The summed E-state index contributed by atoms with van der Waals surface area (Å²) >= 11 is 0. The molecule has 0 spiro atoms. The van der Waals surface area contributed by atoms with E-state index in [4.69, 9.17) is 4.74 Å². The van der Waals surface area contributed by atoms with Crippen LogP contribution in [0.2, 0.25) is 0 Å². The molecule has 0 heterocycles. The van der Waals surface area contributed by atoms with Gasteiger partial charge in [-0.2, -0.15) is 0 Å². The summed E-state index contributed by atoms with van der Waals surface area (Å²) in [7, 11) is -3.03. The molecule has 0 aromatic heterocycles. The molecule has 0 radical (unpaired) electrons. The molecule has 0 unspecified atom stereocenters. The molecule has 0 rings (SSSR count). The lowest BCUT2D eigenvalue weighted by Gasteiger charge is -2.05. The predicted octanol–water partition coefficient (Wildman–Crippen LogP) is 1.52. The van der Waals surface area contributed by atoms with Crippen molar-refractivity contribution in [2.24, 2.45) is 0 Å². The van der Waals surface area contributed by atoms with Gasteiger partial charge in [0, 0.05) is 19.8 Å². The van der Waals surface area contributed by atoms with Crippen LogP contribution in [-0.2, 0) is 14.8 Å². The van der Waals surface area contributed by atoms with Crippen LogP contribution in [0, 0.1) is 0 Å². The van der Waals surface area contributed by atoms with Gasteiger partial charge in [-0.1, -0.05) is 20.3 Å². The van der Waals surface area contributed by atoms with E-state index in [0.717, 1.165) is 25.9 Å². The summed E-state index contributed by atoms with van der Waals surface area (Å²) in [5.41, 5.74) is 0. The van der Waals surface area contributed by atoms with Crippen molar-refractivity contribution < 1.29 is 13.2 Å². The highest BCUT2D eigenvalue weighted by Gasteiger charge is 2.06. The summed E-state index contributed by atoms with van der Waals surface area (Å²) in [6.07, 6.45) is 3.60. The monoisotopic (exact) mass is 237 g/mol. The van der Waals surface area contributed by atoms with Gasteiger partial charge in [0.1, 0.15) is 0 Å². The Hall–Kier alpha value is -0.130. The second-order valence-electron chi connectivity index (χ2n) is 3.53. The Balaban J connectivity index is 3.31. The number of nitrogens with one attached hydrogen (secondary N) is 1. The number of rotatable bonds is 10. The highest BCUT2D eigenvalue weighted by atomic mass is 32.2. The Morgan fingerprint density at radius 3 is 2.33 bits per heavy atom. The van der Waals surface area contributed by atoms with Crippen molar-refractivity contribution >= 4 is 10.0 Å². The van der Waals surface area contributed by atoms with Gasteiger partial charge in [-0.3, -0.25) is 0 Å². The molecule has 15 heavy (non-hydrogen) atoms. The molecule has 5 heteroatoms. The number of sulfonamides is 1. The summed E-state index contributed by atoms with van der Waals surface area (Å²) in [6, 6.07) is 0. The largest absolute Gasteiger partial charge is 0.381 e. The van der Waals surface area contributed by atoms with Crippen LogP contribution >= 0.6 is 0 Å². The fraction of sp³-hybridized carbons (Fsp3) is 1.00. The molecule has 92 valence electrons.